The van der Waals surface area contributed by atoms with Crippen LogP contribution in [-0.2, 0) is 9.59 Å². The number of rotatable bonds is 2. The van der Waals surface area contributed by atoms with Crippen molar-refractivity contribution in [1.82, 2.24) is 5.32 Å². The van der Waals surface area contributed by atoms with E-state index < -0.39 is 0 Å². The molecule has 1 heterocycles. The van der Waals surface area contributed by atoms with Gasteiger partial charge < -0.3 is 0 Å². The van der Waals surface area contributed by atoms with Gasteiger partial charge in [0.2, 0.25) is 5.91 Å². The molecule has 2 amide bonds. The molecule has 0 spiro atoms. The quantitative estimate of drug-likeness (QED) is 0.603. The van der Waals surface area contributed by atoms with Gasteiger partial charge in [-0.1, -0.05) is 43.3 Å². The van der Waals surface area contributed by atoms with Crippen LogP contribution >= 0.6 is 0 Å². The lowest BCUT2D eigenvalue weighted by Crippen LogP contribution is -2.19. The fourth-order valence-corrected chi connectivity index (χ4v) is 1.79. The van der Waals surface area contributed by atoms with Crippen molar-refractivity contribution in [2.75, 3.05) is 0 Å². The first kappa shape index (κ1) is 10.6. The average molecular weight is 215 g/mol. The van der Waals surface area contributed by atoms with E-state index in [4.69, 9.17) is 0 Å². The van der Waals surface area contributed by atoms with Crippen LogP contribution in [0, 0.1) is 0 Å². The van der Waals surface area contributed by atoms with E-state index in [0.717, 1.165) is 5.56 Å². The predicted octanol–water partition coefficient (Wildman–Crippen LogP) is 1.76. The molecule has 1 fully saturated rings. The highest BCUT2D eigenvalue weighted by Gasteiger charge is 2.24. The molecule has 2 rings (SSSR count). The van der Waals surface area contributed by atoms with E-state index >= 15 is 0 Å². The second-order valence-electron chi connectivity index (χ2n) is 3.95. The smallest absolute Gasteiger partial charge is 0.253 e. The number of imide groups is 1. The van der Waals surface area contributed by atoms with Crippen LogP contribution in [0.5, 0.6) is 0 Å². The van der Waals surface area contributed by atoms with Crippen molar-refractivity contribution in [3.63, 3.8) is 0 Å². The van der Waals surface area contributed by atoms with E-state index in [2.05, 4.69) is 5.32 Å². The molecule has 3 heteroatoms. The Bertz CT molecular complexity index is 448. The predicted molar refractivity (Wildman–Crippen MR) is 60.7 cm³/mol. The summed E-state index contributed by atoms with van der Waals surface area (Å²) in [5.41, 5.74) is 1.71. The molecule has 0 aromatic heterocycles. The van der Waals surface area contributed by atoms with E-state index in [9.17, 15) is 9.59 Å². The van der Waals surface area contributed by atoms with Crippen LogP contribution in [0.25, 0.3) is 0 Å². The first-order valence-electron chi connectivity index (χ1n) is 5.26. The molecular formula is C13H13NO2. The van der Waals surface area contributed by atoms with E-state index in [1.54, 1.807) is 0 Å². The summed E-state index contributed by atoms with van der Waals surface area (Å²) < 4.78 is 0. The molecule has 1 aliphatic rings. The summed E-state index contributed by atoms with van der Waals surface area (Å²) in [5, 5.41) is 2.28. The molecule has 1 aromatic rings. The van der Waals surface area contributed by atoms with Crippen LogP contribution in [0.2, 0.25) is 0 Å². The molecule has 1 atom stereocenters. The molecule has 82 valence electrons. The van der Waals surface area contributed by atoms with Crippen LogP contribution in [0.3, 0.4) is 0 Å². The number of hydrogen-bond donors (Lipinski definition) is 1. The lowest BCUT2D eigenvalue weighted by Gasteiger charge is -2.06. The molecule has 0 bridgehead atoms. The van der Waals surface area contributed by atoms with Gasteiger partial charge in [0.15, 0.2) is 0 Å². The van der Waals surface area contributed by atoms with Crippen molar-refractivity contribution in [3.8, 4) is 0 Å². The molecule has 1 aliphatic heterocycles. The summed E-state index contributed by atoms with van der Waals surface area (Å²) >= 11 is 0. The molecule has 0 aliphatic carbocycles. The van der Waals surface area contributed by atoms with Gasteiger partial charge in [-0.15, -0.1) is 0 Å². The van der Waals surface area contributed by atoms with Gasteiger partial charge in [0, 0.05) is 5.57 Å². The summed E-state index contributed by atoms with van der Waals surface area (Å²) in [5.74, 6) is -0.322. The van der Waals surface area contributed by atoms with E-state index in [-0.39, 0.29) is 24.2 Å². The highest BCUT2D eigenvalue weighted by molar-refractivity contribution is 6.13. The maximum atomic E-state index is 11.4. The first-order chi connectivity index (χ1) is 7.66. The fourth-order valence-electron chi connectivity index (χ4n) is 1.79. The normalized spacial score (nSPS) is 19.9. The molecule has 1 N–H and O–H groups in total. The van der Waals surface area contributed by atoms with Crippen molar-refractivity contribution in [1.29, 1.82) is 0 Å². The number of carbonyl (C=O) groups excluding carboxylic acids is 2. The lowest BCUT2D eigenvalue weighted by molar-refractivity contribution is -0.124. The van der Waals surface area contributed by atoms with Crippen molar-refractivity contribution in [2.24, 2.45) is 0 Å². The molecule has 1 unspecified atom stereocenters. The van der Waals surface area contributed by atoms with Crippen molar-refractivity contribution < 1.29 is 9.59 Å². The van der Waals surface area contributed by atoms with Crippen molar-refractivity contribution in [3.05, 3.63) is 47.5 Å². The summed E-state index contributed by atoms with van der Waals surface area (Å²) in [6.07, 6.45) is 2.06. The highest BCUT2D eigenvalue weighted by Crippen LogP contribution is 2.20. The van der Waals surface area contributed by atoms with Crippen molar-refractivity contribution in [2.45, 2.75) is 19.3 Å². The minimum atomic E-state index is -0.257. The minimum absolute atomic E-state index is 0.146. The molecule has 16 heavy (non-hydrogen) atoms. The highest BCUT2D eigenvalue weighted by atomic mass is 16.2. The molecule has 0 saturated carbocycles. The third-order valence-electron chi connectivity index (χ3n) is 2.67. The van der Waals surface area contributed by atoms with Crippen LogP contribution in [0.4, 0.5) is 0 Å². The van der Waals surface area contributed by atoms with Gasteiger partial charge in [0.25, 0.3) is 5.91 Å². The fraction of sp³-hybridized carbons (Fsp3) is 0.231. The van der Waals surface area contributed by atoms with Crippen LogP contribution in [0.15, 0.2) is 42.0 Å². The zero-order chi connectivity index (χ0) is 11.5. The third-order valence-corrected chi connectivity index (χ3v) is 2.67. The molecule has 3 nitrogen and oxygen atoms in total. The largest absolute Gasteiger partial charge is 0.292 e. The lowest BCUT2D eigenvalue weighted by atomic mass is 9.98. The summed E-state index contributed by atoms with van der Waals surface area (Å²) in [6, 6.07) is 9.90. The Balaban J connectivity index is 2.18. The summed E-state index contributed by atoms with van der Waals surface area (Å²) in [7, 11) is 0. The monoisotopic (exact) mass is 215 g/mol. The molecular weight excluding hydrogens is 202 g/mol. The molecule has 1 aromatic carbocycles. The van der Waals surface area contributed by atoms with E-state index in [0.29, 0.717) is 5.57 Å². The van der Waals surface area contributed by atoms with Crippen LogP contribution in [-0.4, -0.2) is 11.8 Å². The van der Waals surface area contributed by atoms with Gasteiger partial charge in [-0.3, -0.25) is 14.9 Å². The molecule has 1 saturated heterocycles. The van der Waals surface area contributed by atoms with Gasteiger partial charge in [0.05, 0.1) is 6.42 Å². The Labute approximate surface area is 94.2 Å². The standard InChI is InChI=1S/C13H13NO2/c1-9(10-5-3-2-4-6-10)7-11-8-12(15)14-13(11)16/h2-7,9H,8H2,1H3,(H,14,15,16)/b11-7-. The third kappa shape index (κ3) is 2.19. The van der Waals surface area contributed by atoms with Crippen LogP contribution in [0.1, 0.15) is 24.8 Å². The number of hydrogen-bond acceptors (Lipinski definition) is 2. The van der Waals surface area contributed by atoms with Gasteiger partial charge in [-0.2, -0.15) is 0 Å². The first-order valence-corrected chi connectivity index (χ1v) is 5.26. The second kappa shape index (κ2) is 4.31. The Morgan fingerprint density at radius 3 is 2.50 bits per heavy atom. The van der Waals surface area contributed by atoms with Gasteiger partial charge in [0.1, 0.15) is 0 Å². The Kier molecular flexibility index (Phi) is 2.86. The van der Waals surface area contributed by atoms with E-state index in [1.807, 2.05) is 43.3 Å². The van der Waals surface area contributed by atoms with Gasteiger partial charge >= 0.3 is 0 Å². The SMILES string of the molecule is CC(/C=C1/CC(=O)NC1=O)c1ccccc1. The summed E-state index contributed by atoms with van der Waals surface area (Å²) in [4.78, 5) is 22.4. The number of allylic oxidation sites excluding steroid dienone is 1. The Hall–Kier alpha value is -1.90. The zero-order valence-corrected chi connectivity index (χ0v) is 9.07. The van der Waals surface area contributed by atoms with Crippen molar-refractivity contribution >= 4 is 11.8 Å². The topological polar surface area (TPSA) is 46.2 Å². The number of amides is 2. The Morgan fingerprint density at radius 1 is 1.25 bits per heavy atom. The van der Waals surface area contributed by atoms with Gasteiger partial charge in [-0.05, 0) is 11.5 Å². The van der Waals surface area contributed by atoms with Crippen LogP contribution < -0.4 is 5.32 Å². The summed E-state index contributed by atoms with van der Waals surface area (Å²) in [6.45, 7) is 2.01. The maximum absolute atomic E-state index is 11.4. The molecule has 0 radical (unpaired) electrons. The number of nitrogens with one attached hydrogen (secondary N) is 1. The number of benzene rings is 1. The van der Waals surface area contributed by atoms with Gasteiger partial charge in [-0.25, -0.2) is 0 Å². The second-order valence-corrected chi connectivity index (χ2v) is 3.95. The Morgan fingerprint density at radius 2 is 1.94 bits per heavy atom. The average Bonchev–Trinajstić information content (AvgIpc) is 2.59. The maximum Gasteiger partial charge on any atom is 0.253 e. The minimum Gasteiger partial charge on any atom is -0.292 e. The zero-order valence-electron chi connectivity index (χ0n) is 9.07. The number of carbonyl (C=O) groups is 2. The van der Waals surface area contributed by atoms with E-state index in [1.165, 1.54) is 0 Å².